The van der Waals surface area contributed by atoms with Crippen molar-refractivity contribution in [1.82, 2.24) is 0 Å². The van der Waals surface area contributed by atoms with Gasteiger partial charge in [0.05, 0.1) is 27.7 Å². The van der Waals surface area contributed by atoms with Crippen molar-refractivity contribution in [3.63, 3.8) is 0 Å². The zero-order chi connectivity index (χ0) is 39.3. The van der Waals surface area contributed by atoms with Crippen molar-refractivity contribution in [2.75, 3.05) is 47.5 Å². The van der Waals surface area contributed by atoms with Crippen LogP contribution in [0.15, 0.2) is 60.8 Å². The van der Waals surface area contributed by atoms with E-state index >= 15 is 0 Å². The highest BCUT2D eigenvalue weighted by Crippen LogP contribution is 2.43. The number of likely N-dealkylation sites (N-methyl/N-ethyl adjacent to an activating group) is 1. The van der Waals surface area contributed by atoms with Crippen LogP contribution in [-0.2, 0) is 32.7 Å². The fraction of sp³-hybridized carbons (Fsp3) is 0.721. The van der Waals surface area contributed by atoms with Crippen molar-refractivity contribution >= 4 is 19.8 Å². The number of allylic oxidation sites excluding steroid dienone is 10. The van der Waals surface area contributed by atoms with Gasteiger partial charge < -0.3 is 18.9 Å². The summed E-state index contributed by atoms with van der Waals surface area (Å²) in [4.78, 5) is 35.2. The van der Waals surface area contributed by atoms with E-state index in [0.717, 1.165) is 77.0 Å². The lowest BCUT2D eigenvalue weighted by Gasteiger charge is -2.24. The Balaban J connectivity index is 4.51. The highest BCUT2D eigenvalue weighted by atomic mass is 31.2. The first-order valence-corrected chi connectivity index (χ1v) is 22.0. The maximum atomic E-state index is 12.6. The van der Waals surface area contributed by atoms with Crippen molar-refractivity contribution in [2.24, 2.45) is 0 Å². The fourth-order valence-corrected chi connectivity index (χ4v) is 5.72. The van der Waals surface area contributed by atoms with Crippen LogP contribution < -0.4 is 0 Å². The minimum atomic E-state index is -4.39. The molecule has 0 aliphatic carbocycles. The quantitative estimate of drug-likeness (QED) is 0.0221. The predicted octanol–water partition coefficient (Wildman–Crippen LogP) is 11.3. The lowest BCUT2D eigenvalue weighted by Crippen LogP contribution is -2.37. The Hall–Kier alpha value is -2.29. The number of esters is 2. The molecule has 306 valence electrons. The highest BCUT2D eigenvalue weighted by Gasteiger charge is 2.27. The molecular formula is C43H77NO8P+. The third kappa shape index (κ3) is 39.2. The van der Waals surface area contributed by atoms with Crippen molar-refractivity contribution in [3.05, 3.63) is 60.8 Å². The summed E-state index contributed by atoms with van der Waals surface area (Å²) in [5, 5.41) is 0. The van der Waals surface area contributed by atoms with Crippen LogP contribution in [0.1, 0.15) is 149 Å². The van der Waals surface area contributed by atoms with Gasteiger partial charge in [-0.2, -0.15) is 0 Å². The van der Waals surface area contributed by atoms with Crippen LogP contribution >= 0.6 is 7.82 Å². The van der Waals surface area contributed by atoms with Crippen molar-refractivity contribution in [2.45, 2.75) is 155 Å². The van der Waals surface area contributed by atoms with Crippen LogP contribution in [0.5, 0.6) is 0 Å². The molecule has 0 fully saturated rings. The number of ether oxygens (including phenoxy) is 2. The van der Waals surface area contributed by atoms with Crippen LogP contribution in [0, 0.1) is 0 Å². The number of unbranched alkanes of at least 4 members (excludes halogenated alkanes) is 12. The average molecular weight is 767 g/mol. The fourth-order valence-electron chi connectivity index (χ4n) is 4.98. The van der Waals surface area contributed by atoms with Crippen molar-refractivity contribution in [3.8, 4) is 0 Å². The average Bonchev–Trinajstić information content (AvgIpc) is 3.10. The Morgan fingerprint density at radius 3 is 1.60 bits per heavy atom. The minimum Gasteiger partial charge on any atom is -0.462 e. The molecule has 0 aromatic heterocycles. The van der Waals surface area contributed by atoms with E-state index < -0.39 is 32.5 Å². The Kier molecular flexibility index (Phi) is 33.9. The van der Waals surface area contributed by atoms with Gasteiger partial charge in [0.15, 0.2) is 6.10 Å². The summed E-state index contributed by atoms with van der Waals surface area (Å²) in [6, 6.07) is 0. The van der Waals surface area contributed by atoms with E-state index in [1.54, 1.807) is 0 Å². The van der Waals surface area contributed by atoms with Gasteiger partial charge in [-0.15, -0.1) is 0 Å². The molecule has 0 heterocycles. The SMILES string of the molecule is CCCC/C=C\C/C=C\CCCCCCCC(=O)OC[C@H](COP(=O)(O)OCC[N+](C)(C)C)OC(=O)CCCC/C=C\C/C=C\C/C=C\CCCCC. The summed E-state index contributed by atoms with van der Waals surface area (Å²) in [6.07, 6.45) is 41.2. The van der Waals surface area contributed by atoms with Gasteiger partial charge in [-0.05, 0) is 77.0 Å². The number of rotatable bonds is 36. The van der Waals surface area contributed by atoms with Gasteiger partial charge >= 0.3 is 19.8 Å². The third-order valence-electron chi connectivity index (χ3n) is 8.27. The second-order valence-corrected chi connectivity index (χ2v) is 16.1. The van der Waals surface area contributed by atoms with E-state index in [2.05, 4.69) is 74.6 Å². The van der Waals surface area contributed by atoms with E-state index in [1.165, 1.54) is 32.1 Å². The number of carbonyl (C=O) groups is 2. The van der Waals surface area contributed by atoms with Gasteiger partial charge in [-0.3, -0.25) is 18.6 Å². The van der Waals surface area contributed by atoms with Crippen LogP contribution in [0.25, 0.3) is 0 Å². The molecule has 1 unspecified atom stereocenters. The molecule has 0 spiro atoms. The van der Waals surface area contributed by atoms with Gasteiger partial charge in [-0.25, -0.2) is 4.57 Å². The van der Waals surface area contributed by atoms with Gasteiger partial charge in [-0.1, -0.05) is 120 Å². The largest absolute Gasteiger partial charge is 0.472 e. The normalized spacial score (nSPS) is 14.3. The number of carbonyl (C=O) groups excluding carboxylic acids is 2. The van der Waals surface area contributed by atoms with Crippen LogP contribution in [0.2, 0.25) is 0 Å². The Morgan fingerprint density at radius 1 is 0.585 bits per heavy atom. The molecule has 0 amide bonds. The molecular weight excluding hydrogens is 689 g/mol. The van der Waals surface area contributed by atoms with Gasteiger partial charge in [0.1, 0.15) is 19.8 Å². The molecule has 10 heteroatoms. The second-order valence-electron chi connectivity index (χ2n) is 14.7. The molecule has 0 saturated heterocycles. The summed E-state index contributed by atoms with van der Waals surface area (Å²) in [7, 11) is 1.43. The number of nitrogens with zero attached hydrogens (tertiary/aromatic N) is 1. The molecule has 0 saturated carbocycles. The van der Waals surface area contributed by atoms with E-state index in [0.29, 0.717) is 23.9 Å². The molecule has 9 nitrogen and oxygen atoms in total. The number of phosphoric acid groups is 1. The van der Waals surface area contributed by atoms with Crippen molar-refractivity contribution in [1.29, 1.82) is 0 Å². The Morgan fingerprint density at radius 2 is 1.04 bits per heavy atom. The van der Waals surface area contributed by atoms with Crippen molar-refractivity contribution < 1.29 is 42.1 Å². The first kappa shape index (κ1) is 50.7. The summed E-state index contributed by atoms with van der Waals surface area (Å²) in [5.41, 5.74) is 0. The molecule has 0 aliphatic rings. The summed E-state index contributed by atoms with van der Waals surface area (Å²) < 4.78 is 34.2. The van der Waals surface area contributed by atoms with Gasteiger partial charge in [0.2, 0.25) is 0 Å². The number of hydrogen-bond acceptors (Lipinski definition) is 7. The molecule has 0 aromatic carbocycles. The minimum absolute atomic E-state index is 0.0193. The maximum absolute atomic E-state index is 12.6. The highest BCUT2D eigenvalue weighted by molar-refractivity contribution is 7.47. The lowest BCUT2D eigenvalue weighted by molar-refractivity contribution is -0.870. The van der Waals surface area contributed by atoms with Crippen LogP contribution in [0.4, 0.5) is 0 Å². The molecule has 0 radical (unpaired) electrons. The summed E-state index contributed by atoms with van der Waals surface area (Å²) >= 11 is 0. The molecule has 0 aliphatic heterocycles. The van der Waals surface area contributed by atoms with E-state index in [4.69, 9.17) is 18.5 Å². The number of phosphoric ester groups is 1. The molecule has 1 N–H and O–H groups in total. The molecule has 2 atom stereocenters. The Labute approximate surface area is 324 Å². The van der Waals surface area contributed by atoms with E-state index in [1.807, 2.05) is 21.1 Å². The standard InChI is InChI=1S/C43H76NO8P/c1-6-8-10-12-14-16-18-20-22-24-26-28-30-32-34-36-43(46)52-41(40-51-53(47,48)50-38-37-44(3,4)5)39-49-42(45)35-33-31-29-27-25-23-21-19-17-15-13-11-9-7-2/h13-16,19-22,26,28,41H,6-12,17-18,23-25,27,29-40H2,1-5H3/p+1/b15-13-,16-14-,21-19-,22-20-,28-26-/t41-/m1/s1. The second kappa shape index (κ2) is 35.4. The van der Waals surface area contributed by atoms with Gasteiger partial charge in [0.25, 0.3) is 0 Å². The maximum Gasteiger partial charge on any atom is 0.472 e. The summed E-state index contributed by atoms with van der Waals surface area (Å²) in [6.45, 7) is 4.26. The zero-order valence-electron chi connectivity index (χ0n) is 34.2. The zero-order valence-corrected chi connectivity index (χ0v) is 35.1. The molecule has 0 rings (SSSR count). The predicted molar refractivity (Wildman–Crippen MR) is 219 cm³/mol. The van der Waals surface area contributed by atoms with Crippen LogP contribution in [0.3, 0.4) is 0 Å². The smallest absolute Gasteiger partial charge is 0.462 e. The van der Waals surface area contributed by atoms with Gasteiger partial charge in [0, 0.05) is 12.8 Å². The molecule has 0 aromatic rings. The van der Waals surface area contributed by atoms with Crippen LogP contribution in [-0.4, -0.2) is 74.9 Å². The monoisotopic (exact) mass is 767 g/mol. The number of quaternary nitrogens is 1. The first-order chi connectivity index (χ1) is 25.5. The summed E-state index contributed by atoms with van der Waals surface area (Å²) in [5.74, 6) is -0.867. The first-order valence-electron chi connectivity index (χ1n) is 20.5. The Bertz CT molecular complexity index is 1090. The third-order valence-corrected chi connectivity index (χ3v) is 9.25. The molecule has 0 bridgehead atoms. The molecule has 53 heavy (non-hydrogen) atoms. The lowest BCUT2D eigenvalue weighted by atomic mass is 10.1. The number of hydrogen-bond donors (Lipinski definition) is 1. The van der Waals surface area contributed by atoms with E-state index in [-0.39, 0.29) is 26.1 Å². The topological polar surface area (TPSA) is 108 Å². The van der Waals surface area contributed by atoms with E-state index in [9.17, 15) is 19.0 Å².